The molecule has 1 aromatic heterocycles. The second-order valence-electron chi connectivity index (χ2n) is 3.31. The van der Waals surface area contributed by atoms with E-state index in [2.05, 4.69) is 5.16 Å². The van der Waals surface area contributed by atoms with Crippen LogP contribution in [0.1, 0.15) is 11.3 Å². The predicted octanol–water partition coefficient (Wildman–Crippen LogP) is 3.16. The molecule has 0 aliphatic heterocycles. The maximum absolute atomic E-state index is 12.8. The van der Waals surface area contributed by atoms with Crippen LogP contribution in [0.4, 0.5) is 13.2 Å². The van der Waals surface area contributed by atoms with Crippen molar-refractivity contribution in [2.24, 2.45) is 0 Å². The predicted molar refractivity (Wildman–Crippen MR) is 50.3 cm³/mol. The summed E-state index contributed by atoms with van der Waals surface area (Å²) in [6.45, 7) is 1.47. The molecule has 0 amide bonds. The van der Waals surface area contributed by atoms with Crippen LogP contribution in [0.5, 0.6) is 5.75 Å². The van der Waals surface area contributed by atoms with Crippen molar-refractivity contribution in [2.45, 2.75) is 13.1 Å². The lowest BCUT2D eigenvalue weighted by Crippen LogP contribution is -2.06. The molecule has 6 heteroatoms. The Bertz CT molecular complexity index is 531. The molecule has 3 nitrogen and oxygen atoms in total. The first-order valence-corrected chi connectivity index (χ1v) is 4.44. The first-order chi connectivity index (χ1) is 7.43. The first-order valence-electron chi connectivity index (χ1n) is 4.44. The van der Waals surface area contributed by atoms with E-state index in [0.29, 0.717) is 0 Å². The van der Waals surface area contributed by atoms with Gasteiger partial charge in [0.05, 0.1) is 23.8 Å². The largest absolute Gasteiger partial charge is 0.497 e. The zero-order valence-electron chi connectivity index (χ0n) is 8.55. The summed E-state index contributed by atoms with van der Waals surface area (Å²) in [5, 5.41) is 3.49. The van der Waals surface area contributed by atoms with Crippen LogP contribution >= 0.6 is 0 Å². The van der Waals surface area contributed by atoms with Crippen molar-refractivity contribution in [1.29, 1.82) is 0 Å². The summed E-state index contributed by atoms with van der Waals surface area (Å²) in [5.41, 5.74) is -0.505. The molecular weight excluding hydrogens is 223 g/mol. The van der Waals surface area contributed by atoms with E-state index in [1.807, 2.05) is 0 Å². The molecule has 0 spiro atoms. The number of halogens is 3. The summed E-state index contributed by atoms with van der Waals surface area (Å²) in [5.74, 6) is 0.0935. The summed E-state index contributed by atoms with van der Waals surface area (Å²) in [6.07, 6.45) is -4.46. The second kappa shape index (κ2) is 3.40. The molecule has 0 N–H and O–H groups in total. The Balaban J connectivity index is 2.82. The minimum atomic E-state index is -4.46. The second-order valence-corrected chi connectivity index (χ2v) is 3.31. The third-order valence-electron chi connectivity index (χ3n) is 2.26. The van der Waals surface area contributed by atoms with Gasteiger partial charge >= 0.3 is 6.18 Å². The fourth-order valence-electron chi connectivity index (χ4n) is 1.54. The van der Waals surface area contributed by atoms with E-state index < -0.39 is 11.7 Å². The normalized spacial score (nSPS) is 12.1. The molecule has 0 radical (unpaired) electrons. The monoisotopic (exact) mass is 231 g/mol. The van der Waals surface area contributed by atoms with Crippen molar-refractivity contribution in [2.75, 3.05) is 7.11 Å². The smallest absolute Gasteiger partial charge is 0.417 e. The Morgan fingerprint density at radius 2 is 2.00 bits per heavy atom. The van der Waals surface area contributed by atoms with Gasteiger partial charge in [-0.05, 0) is 13.0 Å². The Morgan fingerprint density at radius 3 is 2.56 bits per heavy atom. The molecule has 0 aliphatic rings. The van der Waals surface area contributed by atoms with Gasteiger partial charge in [-0.1, -0.05) is 5.16 Å². The number of benzene rings is 1. The minimum Gasteiger partial charge on any atom is -0.497 e. The van der Waals surface area contributed by atoms with Crippen LogP contribution in [0.25, 0.3) is 11.0 Å². The van der Waals surface area contributed by atoms with Gasteiger partial charge in [0.2, 0.25) is 0 Å². The molecule has 0 fully saturated rings. The van der Waals surface area contributed by atoms with Crippen molar-refractivity contribution in [3.05, 3.63) is 23.4 Å². The molecule has 0 saturated carbocycles. The van der Waals surface area contributed by atoms with Gasteiger partial charge in [0, 0.05) is 6.07 Å². The zero-order chi connectivity index (χ0) is 11.9. The lowest BCUT2D eigenvalue weighted by atomic mass is 10.1. The van der Waals surface area contributed by atoms with E-state index in [1.54, 1.807) is 0 Å². The van der Waals surface area contributed by atoms with Gasteiger partial charge in [-0.15, -0.1) is 0 Å². The standard InChI is InChI=1S/C10H8F3NO2/c1-5-9-7(10(11,12)13)3-6(15-2)4-8(9)16-14-5/h3-4H,1-2H3. The average molecular weight is 231 g/mol. The maximum Gasteiger partial charge on any atom is 0.417 e. The molecule has 1 heterocycles. The summed E-state index contributed by atoms with van der Waals surface area (Å²) >= 11 is 0. The molecule has 0 aliphatic carbocycles. The molecule has 1 aromatic carbocycles. The van der Waals surface area contributed by atoms with Gasteiger partial charge in [-0.25, -0.2) is 0 Å². The fraction of sp³-hybridized carbons (Fsp3) is 0.300. The number of aryl methyl sites for hydroxylation is 1. The molecule has 0 atom stereocenters. The minimum absolute atomic E-state index is 0.0201. The number of rotatable bonds is 1. The van der Waals surface area contributed by atoms with Crippen LogP contribution in [-0.4, -0.2) is 12.3 Å². The number of hydrogen-bond donors (Lipinski definition) is 0. The Labute approximate surface area is 88.8 Å². The zero-order valence-corrected chi connectivity index (χ0v) is 8.55. The van der Waals surface area contributed by atoms with Gasteiger partial charge < -0.3 is 9.26 Å². The molecule has 0 saturated heterocycles. The maximum atomic E-state index is 12.8. The molecule has 0 bridgehead atoms. The molecular formula is C10H8F3NO2. The van der Waals surface area contributed by atoms with Crippen molar-refractivity contribution in [1.82, 2.24) is 5.16 Å². The number of fused-ring (bicyclic) bond motifs is 1. The summed E-state index contributed by atoms with van der Waals surface area (Å²) < 4.78 is 47.9. The van der Waals surface area contributed by atoms with Crippen molar-refractivity contribution in [3.8, 4) is 5.75 Å². The van der Waals surface area contributed by atoms with E-state index in [0.717, 1.165) is 6.07 Å². The van der Waals surface area contributed by atoms with Gasteiger partial charge in [0.25, 0.3) is 0 Å². The van der Waals surface area contributed by atoms with E-state index in [9.17, 15) is 13.2 Å². The van der Waals surface area contributed by atoms with E-state index in [4.69, 9.17) is 9.26 Å². The number of ether oxygens (including phenoxy) is 1. The van der Waals surface area contributed by atoms with Crippen LogP contribution < -0.4 is 4.74 Å². The van der Waals surface area contributed by atoms with E-state index >= 15 is 0 Å². The Morgan fingerprint density at radius 1 is 1.31 bits per heavy atom. The van der Waals surface area contributed by atoms with E-state index in [1.165, 1.54) is 20.1 Å². The number of hydrogen-bond acceptors (Lipinski definition) is 3. The SMILES string of the molecule is COc1cc(C(F)(F)F)c2c(C)noc2c1. The highest BCUT2D eigenvalue weighted by atomic mass is 19.4. The third kappa shape index (κ3) is 1.60. The van der Waals surface area contributed by atoms with E-state index in [-0.39, 0.29) is 22.4 Å². The molecule has 2 rings (SSSR count). The van der Waals surface area contributed by atoms with Crippen LogP contribution in [0.3, 0.4) is 0 Å². The van der Waals surface area contributed by atoms with Crippen molar-refractivity contribution in [3.63, 3.8) is 0 Å². The molecule has 16 heavy (non-hydrogen) atoms. The topological polar surface area (TPSA) is 35.3 Å². The highest BCUT2D eigenvalue weighted by molar-refractivity contribution is 5.85. The van der Waals surface area contributed by atoms with Gasteiger partial charge in [-0.2, -0.15) is 13.2 Å². The summed E-state index contributed by atoms with van der Waals surface area (Å²) in [7, 11) is 1.30. The lowest BCUT2D eigenvalue weighted by molar-refractivity contribution is -0.136. The molecule has 86 valence electrons. The van der Waals surface area contributed by atoms with Gasteiger partial charge in [-0.3, -0.25) is 0 Å². The quantitative estimate of drug-likeness (QED) is 0.756. The summed E-state index contributed by atoms with van der Waals surface area (Å²) in [6, 6.07) is 2.32. The number of aromatic nitrogens is 1. The first kappa shape index (κ1) is 10.8. The number of nitrogens with zero attached hydrogens (tertiary/aromatic N) is 1. The molecule has 0 unspecified atom stereocenters. The highest BCUT2D eigenvalue weighted by Crippen LogP contribution is 2.38. The van der Waals surface area contributed by atoms with Crippen molar-refractivity contribution >= 4 is 11.0 Å². The lowest BCUT2D eigenvalue weighted by Gasteiger charge is -2.09. The number of alkyl halides is 3. The van der Waals surface area contributed by atoms with Gasteiger partial charge in [0.15, 0.2) is 5.58 Å². The van der Waals surface area contributed by atoms with Crippen LogP contribution in [0, 0.1) is 6.92 Å². The van der Waals surface area contributed by atoms with Crippen molar-refractivity contribution < 1.29 is 22.4 Å². The van der Waals surface area contributed by atoms with Crippen LogP contribution in [0.15, 0.2) is 16.7 Å². The fourth-order valence-corrected chi connectivity index (χ4v) is 1.54. The van der Waals surface area contributed by atoms with Crippen LogP contribution in [-0.2, 0) is 6.18 Å². The third-order valence-corrected chi connectivity index (χ3v) is 2.26. The Hall–Kier alpha value is -1.72. The summed E-state index contributed by atoms with van der Waals surface area (Å²) in [4.78, 5) is 0. The Kier molecular flexibility index (Phi) is 2.29. The van der Waals surface area contributed by atoms with Gasteiger partial charge in [0.1, 0.15) is 5.75 Å². The van der Waals surface area contributed by atoms with Crippen LogP contribution in [0.2, 0.25) is 0 Å². The molecule has 2 aromatic rings. The number of methoxy groups -OCH3 is 1. The highest BCUT2D eigenvalue weighted by Gasteiger charge is 2.35. The average Bonchev–Trinajstić information content (AvgIpc) is 2.58.